The standard InChI is InChI=1S/C25H20F4N8OS/c1-24(16-9-25(16,22(28)29)39-23(30)37-24)13-7-12(8-14(26)19(13)27)35-21-20-15(3-6-33-21)36-18(10-34-20)38-11-17-31-4-2-5-32-17/h2-8,10,16,22H,9,11H2,1H3,(H2,30,37)(H,33,35)/t16-,24-,25-/m0/s1. The minimum absolute atomic E-state index is 0.0794. The Morgan fingerprint density at radius 1 is 1.15 bits per heavy atom. The average Bonchev–Trinajstić information content (AvgIpc) is 3.67. The lowest BCUT2D eigenvalue weighted by molar-refractivity contribution is 0.123. The molecule has 14 heteroatoms. The molecule has 1 fully saturated rings. The first-order chi connectivity index (χ1) is 18.7. The van der Waals surface area contributed by atoms with E-state index in [4.69, 9.17) is 10.5 Å². The lowest BCUT2D eigenvalue weighted by Crippen LogP contribution is -2.39. The van der Waals surface area contributed by atoms with Gasteiger partial charge in [-0.25, -0.2) is 42.5 Å². The number of rotatable bonds is 7. The van der Waals surface area contributed by atoms with Gasteiger partial charge in [0.1, 0.15) is 12.1 Å². The second kappa shape index (κ2) is 9.29. The second-order valence-electron chi connectivity index (χ2n) is 9.35. The first-order valence-electron chi connectivity index (χ1n) is 11.8. The number of hydrogen-bond donors (Lipinski definition) is 2. The highest BCUT2D eigenvalue weighted by Gasteiger charge is 2.71. The average molecular weight is 557 g/mol. The van der Waals surface area contributed by atoms with Crippen LogP contribution in [-0.4, -0.2) is 41.3 Å². The Labute approximate surface area is 223 Å². The number of anilines is 2. The smallest absolute Gasteiger partial charge is 0.253 e. The van der Waals surface area contributed by atoms with E-state index in [9.17, 15) is 13.2 Å². The second-order valence-corrected chi connectivity index (χ2v) is 10.7. The maximum atomic E-state index is 15.1. The summed E-state index contributed by atoms with van der Waals surface area (Å²) in [5.41, 5.74) is 5.12. The van der Waals surface area contributed by atoms with Crippen molar-refractivity contribution in [3.8, 4) is 5.88 Å². The molecule has 3 aromatic heterocycles. The van der Waals surface area contributed by atoms with Crippen LogP contribution in [0, 0.1) is 17.6 Å². The molecule has 1 saturated carbocycles. The van der Waals surface area contributed by atoms with E-state index < -0.39 is 34.3 Å². The van der Waals surface area contributed by atoms with Crippen molar-refractivity contribution in [3.05, 3.63) is 72.1 Å². The molecule has 0 spiro atoms. The fraction of sp³-hybridized carbons (Fsp3) is 0.280. The molecule has 1 aromatic carbocycles. The number of amidine groups is 1. The van der Waals surface area contributed by atoms with Crippen LogP contribution in [0.3, 0.4) is 0 Å². The summed E-state index contributed by atoms with van der Waals surface area (Å²) in [5.74, 6) is -2.14. The Balaban J connectivity index is 1.31. The lowest BCUT2D eigenvalue weighted by Gasteiger charge is -2.34. The quantitative estimate of drug-likeness (QED) is 0.311. The molecule has 200 valence electrons. The zero-order chi connectivity index (χ0) is 27.4. The van der Waals surface area contributed by atoms with E-state index in [0.29, 0.717) is 16.9 Å². The Hall–Kier alpha value is -4.07. The molecule has 0 radical (unpaired) electrons. The molecule has 0 saturated heterocycles. The van der Waals surface area contributed by atoms with Crippen molar-refractivity contribution in [2.75, 3.05) is 5.32 Å². The number of fused-ring (bicyclic) bond motifs is 2. The molecular weight excluding hydrogens is 536 g/mol. The van der Waals surface area contributed by atoms with Gasteiger partial charge in [-0.3, -0.25) is 4.99 Å². The van der Waals surface area contributed by atoms with Crippen LogP contribution in [0.15, 0.2) is 54.0 Å². The number of nitrogens with one attached hydrogen (secondary N) is 1. The SMILES string of the molecule is C[C@@]1(c2cc(Nc3nccc4nc(OCc5ncccn5)cnc34)cc(F)c2F)N=C(N)S[C@@]2(C(F)F)C[C@@H]12. The third-order valence-electron chi connectivity index (χ3n) is 6.88. The zero-order valence-corrected chi connectivity index (χ0v) is 21.1. The van der Waals surface area contributed by atoms with Crippen molar-refractivity contribution < 1.29 is 22.3 Å². The fourth-order valence-corrected chi connectivity index (χ4v) is 6.24. The van der Waals surface area contributed by atoms with Crippen LogP contribution in [-0.2, 0) is 12.1 Å². The normalized spacial score (nSPS) is 23.8. The summed E-state index contributed by atoms with van der Waals surface area (Å²) in [7, 11) is 0. The van der Waals surface area contributed by atoms with Crippen molar-refractivity contribution in [2.24, 2.45) is 16.6 Å². The Bertz CT molecular complexity index is 1610. The van der Waals surface area contributed by atoms with E-state index in [1.54, 1.807) is 24.5 Å². The number of nitrogens with two attached hydrogens (primary N) is 1. The van der Waals surface area contributed by atoms with Gasteiger partial charge in [-0.2, -0.15) is 0 Å². The molecule has 4 heterocycles. The van der Waals surface area contributed by atoms with Gasteiger partial charge in [0.05, 0.1) is 22.0 Å². The summed E-state index contributed by atoms with van der Waals surface area (Å²) < 4.78 is 61.9. The third kappa shape index (κ3) is 4.37. The van der Waals surface area contributed by atoms with Gasteiger partial charge in [0.2, 0.25) is 5.88 Å². The number of benzene rings is 1. The maximum Gasteiger partial charge on any atom is 0.253 e. The predicted molar refractivity (Wildman–Crippen MR) is 137 cm³/mol. The molecule has 9 nitrogen and oxygen atoms in total. The topological polar surface area (TPSA) is 124 Å². The molecule has 3 atom stereocenters. The van der Waals surface area contributed by atoms with Crippen LogP contribution >= 0.6 is 11.8 Å². The highest BCUT2D eigenvalue weighted by molar-refractivity contribution is 8.15. The number of pyridine rings is 1. The maximum absolute atomic E-state index is 15.1. The van der Waals surface area contributed by atoms with Crippen molar-refractivity contribution in [3.63, 3.8) is 0 Å². The number of nitrogens with zero attached hydrogens (tertiary/aromatic N) is 6. The number of aliphatic imine (C=N–C) groups is 1. The minimum atomic E-state index is -2.69. The van der Waals surface area contributed by atoms with E-state index in [0.717, 1.165) is 17.8 Å². The number of alkyl halides is 2. The van der Waals surface area contributed by atoms with Gasteiger partial charge in [0, 0.05) is 41.8 Å². The third-order valence-corrected chi connectivity index (χ3v) is 8.19. The molecule has 1 aliphatic carbocycles. The number of aromatic nitrogens is 5. The molecule has 0 amide bonds. The molecule has 6 rings (SSSR count). The summed E-state index contributed by atoms with van der Waals surface area (Å²) in [6, 6.07) is 5.60. The Morgan fingerprint density at radius 2 is 1.95 bits per heavy atom. The summed E-state index contributed by atoms with van der Waals surface area (Å²) in [6.45, 7) is 1.59. The molecular formula is C25H20F4N8OS. The summed E-state index contributed by atoms with van der Waals surface area (Å²) in [5, 5.41) is 2.86. The summed E-state index contributed by atoms with van der Waals surface area (Å²) >= 11 is 0.793. The van der Waals surface area contributed by atoms with Crippen LogP contribution < -0.4 is 15.8 Å². The van der Waals surface area contributed by atoms with E-state index >= 15 is 4.39 Å². The lowest BCUT2D eigenvalue weighted by atomic mass is 9.85. The van der Waals surface area contributed by atoms with E-state index in [-0.39, 0.29) is 41.1 Å². The number of ether oxygens (including phenoxy) is 1. The largest absolute Gasteiger partial charge is 0.468 e. The van der Waals surface area contributed by atoms with Crippen molar-refractivity contribution in [1.29, 1.82) is 0 Å². The minimum Gasteiger partial charge on any atom is -0.468 e. The van der Waals surface area contributed by atoms with E-state index in [1.807, 2.05) is 0 Å². The molecule has 2 aliphatic rings. The molecule has 4 aromatic rings. The molecule has 0 bridgehead atoms. The van der Waals surface area contributed by atoms with Crippen LogP contribution in [0.2, 0.25) is 0 Å². The van der Waals surface area contributed by atoms with Crippen LogP contribution in [0.25, 0.3) is 11.0 Å². The first kappa shape index (κ1) is 25.2. The van der Waals surface area contributed by atoms with E-state index in [2.05, 4.69) is 35.2 Å². The van der Waals surface area contributed by atoms with Gasteiger partial charge in [0.15, 0.2) is 28.4 Å². The number of thioether (sulfide) groups is 1. The molecule has 3 N–H and O–H groups in total. The van der Waals surface area contributed by atoms with Crippen LogP contribution in [0.4, 0.5) is 29.1 Å². The number of halogens is 4. The predicted octanol–water partition coefficient (Wildman–Crippen LogP) is 4.72. The van der Waals surface area contributed by atoms with Gasteiger partial charge < -0.3 is 15.8 Å². The van der Waals surface area contributed by atoms with Crippen molar-refractivity contribution >= 4 is 39.5 Å². The van der Waals surface area contributed by atoms with Gasteiger partial charge in [-0.1, -0.05) is 11.8 Å². The van der Waals surface area contributed by atoms with Gasteiger partial charge >= 0.3 is 0 Å². The van der Waals surface area contributed by atoms with E-state index in [1.165, 1.54) is 25.4 Å². The highest BCUT2D eigenvalue weighted by atomic mass is 32.2. The van der Waals surface area contributed by atoms with Crippen LogP contribution in [0.5, 0.6) is 5.88 Å². The van der Waals surface area contributed by atoms with Crippen molar-refractivity contribution in [2.45, 2.75) is 36.7 Å². The monoisotopic (exact) mass is 556 g/mol. The number of hydrogen-bond acceptors (Lipinski definition) is 10. The highest BCUT2D eigenvalue weighted by Crippen LogP contribution is 2.68. The van der Waals surface area contributed by atoms with Crippen LogP contribution in [0.1, 0.15) is 24.7 Å². The first-order valence-corrected chi connectivity index (χ1v) is 12.6. The zero-order valence-electron chi connectivity index (χ0n) is 20.3. The van der Waals surface area contributed by atoms with Gasteiger partial charge in [-0.15, -0.1) is 0 Å². The fourth-order valence-electron chi connectivity index (χ4n) is 4.90. The molecule has 1 aliphatic heterocycles. The Morgan fingerprint density at radius 3 is 2.72 bits per heavy atom. The Kier molecular flexibility index (Phi) is 6.01. The molecule has 0 unspecified atom stereocenters. The summed E-state index contributed by atoms with van der Waals surface area (Å²) in [6.07, 6.45) is 3.44. The van der Waals surface area contributed by atoms with Gasteiger partial charge in [-0.05, 0) is 31.5 Å². The molecule has 39 heavy (non-hydrogen) atoms. The van der Waals surface area contributed by atoms with Crippen molar-refractivity contribution in [1.82, 2.24) is 24.9 Å². The summed E-state index contributed by atoms with van der Waals surface area (Å²) in [4.78, 5) is 25.5. The van der Waals surface area contributed by atoms with Gasteiger partial charge in [0.25, 0.3) is 6.43 Å².